The number of ketones is 1. The number of hydrogen-bond acceptors (Lipinski definition) is 4. The van der Waals surface area contributed by atoms with Gasteiger partial charge in [-0.25, -0.2) is 0 Å². The van der Waals surface area contributed by atoms with Crippen LogP contribution in [-0.2, 0) is 19.1 Å². The molecule has 0 aromatic rings. The van der Waals surface area contributed by atoms with E-state index in [4.69, 9.17) is 4.74 Å². The topological polar surface area (TPSA) is 80.7 Å². The van der Waals surface area contributed by atoms with Crippen molar-refractivity contribution in [2.24, 2.45) is 45.3 Å². The van der Waals surface area contributed by atoms with E-state index in [2.05, 4.69) is 27.7 Å². The van der Waals surface area contributed by atoms with E-state index in [0.717, 1.165) is 6.42 Å². The van der Waals surface area contributed by atoms with E-state index in [0.29, 0.717) is 35.7 Å². The molecule has 34 heavy (non-hydrogen) atoms. The maximum atomic E-state index is 12.7. The lowest BCUT2D eigenvalue weighted by molar-refractivity contribution is -0.242. The lowest BCUT2D eigenvalue weighted by Gasteiger charge is -2.70. The molecule has 0 aromatic heterocycles. The summed E-state index contributed by atoms with van der Waals surface area (Å²) in [6.07, 6.45) is 9.83. The fraction of sp³-hybridized carbons (Fsp3) is 0.828. The van der Waals surface area contributed by atoms with Gasteiger partial charge in [0.2, 0.25) is 0 Å². The molecule has 9 atom stereocenters. The third-order valence-electron chi connectivity index (χ3n) is 11.6. The minimum Gasteiger partial charge on any atom is -0.481 e. The van der Waals surface area contributed by atoms with Gasteiger partial charge in [-0.1, -0.05) is 53.5 Å². The van der Waals surface area contributed by atoms with Crippen LogP contribution in [0.1, 0.15) is 99.8 Å². The number of rotatable bonds is 4. The maximum Gasteiger partial charge on any atom is 0.311 e. The molecule has 0 bridgehead atoms. The quantitative estimate of drug-likeness (QED) is 0.493. The van der Waals surface area contributed by atoms with E-state index >= 15 is 0 Å². The summed E-state index contributed by atoms with van der Waals surface area (Å²) in [5, 5.41) is 10.4. The zero-order valence-corrected chi connectivity index (χ0v) is 22.2. The monoisotopic (exact) mass is 472 g/mol. The van der Waals surface area contributed by atoms with Gasteiger partial charge in [-0.15, -0.1) is 0 Å². The van der Waals surface area contributed by atoms with E-state index in [1.807, 2.05) is 13.0 Å². The van der Waals surface area contributed by atoms with Gasteiger partial charge in [-0.05, 0) is 79.4 Å². The fourth-order valence-electron chi connectivity index (χ4n) is 10.0. The summed E-state index contributed by atoms with van der Waals surface area (Å²) in [4.78, 5) is 37.6. The molecule has 3 fully saturated rings. The van der Waals surface area contributed by atoms with Crippen molar-refractivity contribution in [2.45, 2.75) is 106 Å². The molecule has 4 rings (SSSR count). The number of carboxylic acids is 1. The summed E-state index contributed by atoms with van der Waals surface area (Å²) in [7, 11) is 0. The molecule has 0 aliphatic heterocycles. The number of hydrogen-bond donors (Lipinski definition) is 1. The Hall–Kier alpha value is -1.65. The van der Waals surface area contributed by atoms with Crippen molar-refractivity contribution in [3.8, 4) is 0 Å². The average molecular weight is 473 g/mol. The Balaban J connectivity index is 1.88. The van der Waals surface area contributed by atoms with E-state index in [1.54, 1.807) is 0 Å². The first-order valence-electron chi connectivity index (χ1n) is 13.4. The Morgan fingerprint density at radius 3 is 2.21 bits per heavy atom. The van der Waals surface area contributed by atoms with Gasteiger partial charge in [0.1, 0.15) is 6.10 Å². The first-order valence-corrected chi connectivity index (χ1v) is 13.4. The van der Waals surface area contributed by atoms with Crippen molar-refractivity contribution >= 4 is 17.7 Å². The van der Waals surface area contributed by atoms with Gasteiger partial charge in [-0.2, -0.15) is 0 Å². The molecule has 0 aromatic carbocycles. The van der Waals surface area contributed by atoms with Crippen molar-refractivity contribution in [1.29, 1.82) is 0 Å². The summed E-state index contributed by atoms with van der Waals surface area (Å²) < 4.78 is 6.03. The van der Waals surface area contributed by atoms with E-state index < -0.39 is 23.4 Å². The van der Waals surface area contributed by atoms with Gasteiger partial charge in [0.05, 0.1) is 5.92 Å². The van der Waals surface area contributed by atoms with E-state index in [-0.39, 0.29) is 28.5 Å². The number of aliphatic carboxylic acids is 1. The molecule has 0 heterocycles. The van der Waals surface area contributed by atoms with Crippen molar-refractivity contribution < 1.29 is 24.2 Å². The van der Waals surface area contributed by atoms with Crippen LogP contribution in [0, 0.1) is 45.3 Å². The van der Waals surface area contributed by atoms with Crippen molar-refractivity contribution in [3.63, 3.8) is 0 Å². The second-order valence-electron chi connectivity index (χ2n) is 13.0. The summed E-state index contributed by atoms with van der Waals surface area (Å²) in [6, 6.07) is 0. The van der Waals surface area contributed by atoms with Crippen LogP contribution >= 0.6 is 0 Å². The molecule has 0 saturated heterocycles. The van der Waals surface area contributed by atoms with Crippen LogP contribution in [0.2, 0.25) is 0 Å². The van der Waals surface area contributed by atoms with Crippen LogP contribution in [0.4, 0.5) is 0 Å². The molecule has 0 radical (unpaired) electrons. The average Bonchev–Trinajstić information content (AvgIpc) is 2.73. The predicted molar refractivity (Wildman–Crippen MR) is 131 cm³/mol. The molecule has 5 heteroatoms. The third-order valence-corrected chi connectivity index (χ3v) is 11.6. The highest BCUT2D eigenvalue weighted by Crippen LogP contribution is 2.73. The summed E-state index contributed by atoms with van der Waals surface area (Å²) >= 11 is 0. The SMILES string of the molecule is CC[C@@]1(C)CCC[C@]2(C)[C@H]3C[C@H](OC(C)=O)[C@]4(C)[C@@H](C(=O)O)C(C(C)=O)=CC[C@H]4[C@]3(C)CC[C@@H]12. The minimum atomic E-state index is -0.982. The smallest absolute Gasteiger partial charge is 0.311 e. The highest BCUT2D eigenvalue weighted by Gasteiger charge is 2.70. The molecule has 3 saturated carbocycles. The lowest BCUT2D eigenvalue weighted by atomic mass is 9.34. The zero-order chi connectivity index (χ0) is 25.3. The van der Waals surface area contributed by atoms with Crippen LogP contribution in [-0.4, -0.2) is 28.9 Å². The Labute approximate surface area is 205 Å². The molecule has 0 unspecified atom stereocenters. The number of Topliss-reactive ketones (excluding diaryl/α,β-unsaturated/α-hetero) is 1. The van der Waals surface area contributed by atoms with Crippen molar-refractivity contribution in [1.82, 2.24) is 0 Å². The number of carbonyl (C=O) groups excluding carboxylic acids is 2. The summed E-state index contributed by atoms with van der Waals surface area (Å²) in [6.45, 7) is 14.5. The van der Waals surface area contributed by atoms with E-state index in [1.165, 1.54) is 46.0 Å². The maximum absolute atomic E-state index is 12.7. The number of allylic oxidation sites excluding steroid dienone is 1. The highest BCUT2D eigenvalue weighted by molar-refractivity contribution is 5.99. The van der Waals surface area contributed by atoms with Gasteiger partial charge >= 0.3 is 11.9 Å². The van der Waals surface area contributed by atoms with Crippen LogP contribution in [0.5, 0.6) is 0 Å². The lowest BCUT2D eigenvalue weighted by Crippen LogP contribution is -2.67. The standard InChI is InChI=1S/C29H44O5/c1-8-26(4)13-9-14-27(5)20(26)12-15-28(6)21-11-10-19(17(2)30)24(25(32)33)29(21,7)23(16-22(27)28)34-18(3)31/h10,20-24H,8-9,11-16H2,1-7H3,(H,32,33)/t20-,21-,22+,23-,24+,26-,27-,28-,29+/m0/s1. The van der Waals surface area contributed by atoms with Crippen LogP contribution in [0.25, 0.3) is 0 Å². The normalized spacial score (nSPS) is 48.0. The van der Waals surface area contributed by atoms with Crippen LogP contribution in [0.3, 0.4) is 0 Å². The van der Waals surface area contributed by atoms with Crippen LogP contribution in [0.15, 0.2) is 11.6 Å². The highest BCUT2D eigenvalue weighted by atomic mass is 16.5. The fourth-order valence-corrected chi connectivity index (χ4v) is 10.0. The first-order chi connectivity index (χ1) is 15.8. The van der Waals surface area contributed by atoms with Gasteiger partial charge in [-0.3, -0.25) is 14.4 Å². The molecule has 4 aliphatic carbocycles. The molecule has 190 valence electrons. The minimum absolute atomic E-state index is 0.0416. The predicted octanol–water partition coefficient (Wildman–Crippen LogP) is 6.20. The van der Waals surface area contributed by atoms with Gasteiger partial charge < -0.3 is 9.84 Å². The largest absolute Gasteiger partial charge is 0.481 e. The van der Waals surface area contributed by atoms with Crippen LogP contribution < -0.4 is 0 Å². The Bertz CT molecular complexity index is 921. The number of carboxylic acid groups (broad SMARTS) is 1. The van der Waals surface area contributed by atoms with E-state index in [9.17, 15) is 19.5 Å². The van der Waals surface area contributed by atoms with Crippen molar-refractivity contribution in [3.05, 3.63) is 11.6 Å². The number of carbonyl (C=O) groups is 3. The Kier molecular flexibility index (Phi) is 6.13. The molecule has 4 aliphatic rings. The van der Waals surface area contributed by atoms with Gasteiger partial charge in [0.25, 0.3) is 0 Å². The molecular formula is C29H44O5. The molecule has 0 spiro atoms. The third kappa shape index (κ3) is 3.35. The van der Waals surface area contributed by atoms with Gasteiger partial charge in [0.15, 0.2) is 5.78 Å². The number of ether oxygens (including phenoxy) is 1. The molecule has 1 N–H and O–H groups in total. The Morgan fingerprint density at radius 1 is 1.00 bits per heavy atom. The first kappa shape index (κ1) is 25.4. The molecular weight excluding hydrogens is 428 g/mol. The summed E-state index contributed by atoms with van der Waals surface area (Å²) in [5.74, 6) is -1.47. The second kappa shape index (κ2) is 8.20. The van der Waals surface area contributed by atoms with Gasteiger partial charge in [0, 0.05) is 17.9 Å². The molecule has 5 nitrogen and oxygen atoms in total. The number of esters is 1. The Morgan fingerprint density at radius 2 is 1.65 bits per heavy atom. The van der Waals surface area contributed by atoms with Crippen molar-refractivity contribution in [2.75, 3.05) is 0 Å². The molecule has 0 amide bonds. The zero-order valence-electron chi connectivity index (χ0n) is 22.2. The second-order valence-corrected chi connectivity index (χ2v) is 13.0. The number of fused-ring (bicyclic) bond motifs is 5. The summed E-state index contributed by atoms with van der Waals surface area (Å²) in [5.41, 5.74) is -0.0377.